The SMILES string of the molecule is CN(CCc1ccncc1)CC1(CO)CCCC1. The molecule has 1 aromatic heterocycles. The quantitative estimate of drug-likeness (QED) is 0.837. The number of aliphatic hydroxyl groups is 1. The monoisotopic (exact) mass is 248 g/mol. The molecule has 0 atom stereocenters. The number of nitrogens with zero attached hydrogens (tertiary/aromatic N) is 2. The zero-order valence-electron chi connectivity index (χ0n) is 11.3. The van der Waals surface area contributed by atoms with E-state index in [4.69, 9.17) is 0 Å². The number of pyridine rings is 1. The molecule has 1 heterocycles. The molecular formula is C15H24N2O. The van der Waals surface area contributed by atoms with Crippen molar-refractivity contribution in [3.8, 4) is 0 Å². The molecule has 0 amide bonds. The number of aliphatic hydroxyl groups excluding tert-OH is 1. The van der Waals surface area contributed by atoms with Crippen LogP contribution in [0, 0.1) is 5.41 Å². The minimum atomic E-state index is 0.174. The van der Waals surface area contributed by atoms with Crippen LogP contribution in [0.5, 0.6) is 0 Å². The Labute approximate surface area is 110 Å². The van der Waals surface area contributed by atoms with Crippen LogP contribution in [0.2, 0.25) is 0 Å². The Kier molecular flexibility index (Phi) is 4.72. The summed E-state index contributed by atoms with van der Waals surface area (Å²) >= 11 is 0. The first-order valence-electron chi connectivity index (χ1n) is 6.92. The van der Waals surface area contributed by atoms with Gasteiger partial charge in [0.15, 0.2) is 0 Å². The number of hydrogen-bond acceptors (Lipinski definition) is 3. The van der Waals surface area contributed by atoms with E-state index in [1.807, 2.05) is 12.4 Å². The van der Waals surface area contributed by atoms with Crippen molar-refractivity contribution in [2.45, 2.75) is 32.1 Å². The molecular weight excluding hydrogens is 224 g/mol. The second-order valence-corrected chi connectivity index (χ2v) is 5.71. The van der Waals surface area contributed by atoms with Crippen molar-refractivity contribution in [2.24, 2.45) is 5.41 Å². The first-order chi connectivity index (χ1) is 8.74. The molecule has 3 nitrogen and oxygen atoms in total. The summed E-state index contributed by atoms with van der Waals surface area (Å²) < 4.78 is 0. The van der Waals surface area contributed by atoms with Crippen LogP contribution in [0.3, 0.4) is 0 Å². The lowest BCUT2D eigenvalue weighted by Gasteiger charge is -2.31. The van der Waals surface area contributed by atoms with Crippen molar-refractivity contribution in [3.63, 3.8) is 0 Å². The van der Waals surface area contributed by atoms with Crippen LogP contribution in [-0.4, -0.2) is 41.7 Å². The number of likely N-dealkylation sites (N-methyl/N-ethyl adjacent to an activating group) is 1. The van der Waals surface area contributed by atoms with Crippen molar-refractivity contribution >= 4 is 0 Å². The van der Waals surface area contributed by atoms with E-state index in [1.54, 1.807) is 0 Å². The van der Waals surface area contributed by atoms with Gasteiger partial charge >= 0.3 is 0 Å². The predicted molar refractivity (Wildman–Crippen MR) is 73.4 cm³/mol. The zero-order chi connectivity index (χ0) is 12.8. The summed E-state index contributed by atoms with van der Waals surface area (Å²) in [4.78, 5) is 6.40. The Morgan fingerprint density at radius 1 is 1.28 bits per heavy atom. The van der Waals surface area contributed by atoms with Crippen LogP contribution < -0.4 is 0 Å². The molecule has 0 aromatic carbocycles. The molecule has 18 heavy (non-hydrogen) atoms. The van der Waals surface area contributed by atoms with E-state index >= 15 is 0 Å². The molecule has 3 heteroatoms. The summed E-state index contributed by atoms with van der Waals surface area (Å²) in [6, 6.07) is 4.15. The molecule has 2 rings (SSSR count). The molecule has 0 bridgehead atoms. The number of hydrogen-bond donors (Lipinski definition) is 1. The van der Waals surface area contributed by atoms with E-state index in [0.717, 1.165) is 19.5 Å². The Hall–Kier alpha value is -0.930. The Balaban J connectivity index is 1.79. The van der Waals surface area contributed by atoms with Gasteiger partial charge in [0.1, 0.15) is 0 Å². The van der Waals surface area contributed by atoms with Crippen LogP contribution in [0.1, 0.15) is 31.2 Å². The van der Waals surface area contributed by atoms with Gasteiger partial charge in [-0.25, -0.2) is 0 Å². The fourth-order valence-corrected chi connectivity index (χ4v) is 3.01. The molecule has 1 aliphatic rings. The molecule has 1 N–H and O–H groups in total. The van der Waals surface area contributed by atoms with Crippen LogP contribution in [0.4, 0.5) is 0 Å². The molecule has 1 saturated carbocycles. The van der Waals surface area contributed by atoms with E-state index < -0.39 is 0 Å². The highest BCUT2D eigenvalue weighted by Crippen LogP contribution is 2.38. The van der Waals surface area contributed by atoms with Gasteiger partial charge in [0, 0.05) is 37.5 Å². The summed E-state index contributed by atoms with van der Waals surface area (Å²) in [5.74, 6) is 0. The third kappa shape index (κ3) is 3.53. The van der Waals surface area contributed by atoms with Gasteiger partial charge in [-0.05, 0) is 44.0 Å². The van der Waals surface area contributed by atoms with E-state index in [0.29, 0.717) is 6.61 Å². The van der Waals surface area contributed by atoms with Crippen molar-refractivity contribution in [1.29, 1.82) is 0 Å². The normalized spacial score (nSPS) is 18.4. The van der Waals surface area contributed by atoms with Gasteiger partial charge in [-0.2, -0.15) is 0 Å². The molecule has 1 aromatic rings. The van der Waals surface area contributed by atoms with Crippen LogP contribution in [0.25, 0.3) is 0 Å². The van der Waals surface area contributed by atoms with E-state index in [1.165, 1.54) is 31.2 Å². The lowest BCUT2D eigenvalue weighted by atomic mass is 9.86. The second kappa shape index (κ2) is 6.30. The second-order valence-electron chi connectivity index (χ2n) is 5.71. The van der Waals surface area contributed by atoms with Gasteiger partial charge < -0.3 is 10.0 Å². The van der Waals surface area contributed by atoms with E-state index in [9.17, 15) is 5.11 Å². The molecule has 0 spiro atoms. The van der Waals surface area contributed by atoms with Crippen LogP contribution in [-0.2, 0) is 6.42 Å². The van der Waals surface area contributed by atoms with Gasteiger partial charge in [-0.1, -0.05) is 12.8 Å². The summed E-state index contributed by atoms with van der Waals surface area (Å²) in [7, 11) is 2.16. The molecule has 100 valence electrons. The minimum Gasteiger partial charge on any atom is -0.396 e. The highest BCUT2D eigenvalue weighted by Gasteiger charge is 2.33. The van der Waals surface area contributed by atoms with Gasteiger partial charge in [0.25, 0.3) is 0 Å². The average molecular weight is 248 g/mol. The summed E-state index contributed by atoms with van der Waals surface area (Å²) in [5, 5.41) is 9.62. The van der Waals surface area contributed by atoms with Gasteiger partial charge in [0.05, 0.1) is 0 Å². The third-order valence-electron chi connectivity index (χ3n) is 4.14. The first kappa shape index (κ1) is 13.5. The summed E-state index contributed by atoms with van der Waals surface area (Å²) in [6.07, 6.45) is 9.67. The van der Waals surface area contributed by atoms with Gasteiger partial charge in [-0.3, -0.25) is 4.98 Å². The summed E-state index contributed by atoms with van der Waals surface area (Å²) in [6.45, 7) is 2.41. The highest BCUT2D eigenvalue weighted by atomic mass is 16.3. The molecule has 1 aliphatic carbocycles. The minimum absolute atomic E-state index is 0.174. The Bertz CT molecular complexity index is 347. The maximum absolute atomic E-state index is 9.62. The molecule has 1 fully saturated rings. The lowest BCUT2D eigenvalue weighted by molar-refractivity contribution is 0.0894. The zero-order valence-corrected chi connectivity index (χ0v) is 11.3. The lowest BCUT2D eigenvalue weighted by Crippen LogP contribution is -2.37. The van der Waals surface area contributed by atoms with Crippen molar-refractivity contribution in [1.82, 2.24) is 9.88 Å². The molecule has 0 radical (unpaired) electrons. The number of aromatic nitrogens is 1. The topological polar surface area (TPSA) is 36.4 Å². The smallest absolute Gasteiger partial charge is 0.0499 e. The summed E-state index contributed by atoms with van der Waals surface area (Å²) in [5.41, 5.74) is 1.51. The standard InChI is InChI=1S/C15H24N2O/c1-17(11-6-14-4-9-16-10-5-14)12-15(13-18)7-2-3-8-15/h4-5,9-10,18H,2-3,6-8,11-13H2,1H3. The van der Waals surface area contributed by atoms with Gasteiger partial charge in [-0.15, -0.1) is 0 Å². The maximum atomic E-state index is 9.62. The average Bonchev–Trinajstić information content (AvgIpc) is 2.87. The van der Waals surface area contributed by atoms with Crippen LogP contribution in [0.15, 0.2) is 24.5 Å². The van der Waals surface area contributed by atoms with Gasteiger partial charge in [0.2, 0.25) is 0 Å². The van der Waals surface area contributed by atoms with E-state index in [-0.39, 0.29) is 5.41 Å². The Morgan fingerprint density at radius 2 is 1.94 bits per heavy atom. The molecule has 0 saturated heterocycles. The predicted octanol–water partition coefficient (Wildman–Crippen LogP) is 2.11. The fraction of sp³-hybridized carbons (Fsp3) is 0.667. The largest absolute Gasteiger partial charge is 0.396 e. The highest BCUT2D eigenvalue weighted by molar-refractivity contribution is 5.09. The van der Waals surface area contributed by atoms with Crippen LogP contribution >= 0.6 is 0 Å². The van der Waals surface area contributed by atoms with E-state index in [2.05, 4.69) is 29.1 Å². The molecule has 0 aliphatic heterocycles. The van der Waals surface area contributed by atoms with Crippen molar-refractivity contribution in [2.75, 3.05) is 26.7 Å². The van der Waals surface area contributed by atoms with Crippen molar-refractivity contribution in [3.05, 3.63) is 30.1 Å². The molecule has 0 unspecified atom stereocenters. The first-order valence-corrected chi connectivity index (χ1v) is 6.92. The fourth-order valence-electron chi connectivity index (χ4n) is 3.01. The number of rotatable bonds is 6. The maximum Gasteiger partial charge on any atom is 0.0499 e. The third-order valence-corrected chi connectivity index (χ3v) is 4.14. The Morgan fingerprint density at radius 3 is 2.56 bits per heavy atom. The van der Waals surface area contributed by atoms with Crippen molar-refractivity contribution < 1.29 is 5.11 Å².